The van der Waals surface area contributed by atoms with Crippen LogP contribution in [0.3, 0.4) is 0 Å². The fraction of sp³-hybridized carbons (Fsp3) is 0.227. The van der Waals surface area contributed by atoms with Crippen molar-refractivity contribution < 1.29 is 22.4 Å². The molecule has 0 saturated heterocycles. The minimum atomic E-state index is -0.975. The van der Waals surface area contributed by atoms with Gasteiger partial charge < -0.3 is 0 Å². The summed E-state index contributed by atoms with van der Waals surface area (Å²) in [5.41, 5.74) is 1.79. The molecule has 0 bridgehead atoms. The number of benzene rings is 2. The van der Waals surface area contributed by atoms with E-state index in [9.17, 15) is 22.4 Å². The summed E-state index contributed by atoms with van der Waals surface area (Å²) in [5.74, 6) is -3.85. The molecule has 5 heteroatoms. The summed E-state index contributed by atoms with van der Waals surface area (Å²) in [4.78, 5) is 12.8. The van der Waals surface area contributed by atoms with Crippen molar-refractivity contribution >= 4 is 17.9 Å². The Morgan fingerprint density at radius 3 is 1.63 bits per heavy atom. The van der Waals surface area contributed by atoms with E-state index in [-0.39, 0.29) is 11.7 Å². The molecule has 0 aromatic heterocycles. The highest BCUT2D eigenvalue weighted by Crippen LogP contribution is 2.34. The molecule has 2 aromatic rings. The lowest BCUT2D eigenvalue weighted by atomic mass is 9.78. The Kier molecular flexibility index (Phi) is 5.59. The Balaban J connectivity index is 1.97. The number of Topliss-reactive ketones (excluding diaryl/α,β-unsaturated/α-hetero) is 1. The molecule has 0 radical (unpaired) electrons. The van der Waals surface area contributed by atoms with Crippen LogP contribution in [0.25, 0.3) is 12.2 Å². The van der Waals surface area contributed by atoms with Crippen LogP contribution in [-0.4, -0.2) is 5.78 Å². The SMILES string of the molecule is CCC1C/C(=C\c2ccc(F)c(F)c2)C(=O)/C(=C/c2ccc(F)c(F)c2)C1. The van der Waals surface area contributed by atoms with Crippen LogP contribution < -0.4 is 0 Å². The van der Waals surface area contributed by atoms with E-state index in [0.717, 1.165) is 30.7 Å². The van der Waals surface area contributed by atoms with Gasteiger partial charge in [0.2, 0.25) is 0 Å². The van der Waals surface area contributed by atoms with E-state index in [4.69, 9.17) is 0 Å². The molecule has 0 heterocycles. The first-order chi connectivity index (χ1) is 12.9. The van der Waals surface area contributed by atoms with Crippen LogP contribution in [0.15, 0.2) is 47.5 Å². The fourth-order valence-electron chi connectivity index (χ4n) is 3.23. The Labute approximate surface area is 155 Å². The zero-order valence-corrected chi connectivity index (χ0v) is 14.7. The van der Waals surface area contributed by atoms with E-state index in [1.54, 1.807) is 12.2 Å². The first-order valence-electron chi connectivity index (χ1n) is 8.73. The predicted molar refractivity (Wildman–Crippen MR) is 96.7 cm³/mol. The smallest absolute Gasteiger partial charge is 0.185 e. The first kappa shape index (κ1) is 19.1. The molecule has 0 atom stereocenters. The van der Waals surface area contributed by atoms with Gasteiger partial charge in [0.15, 0.2) is 29.1 Å². The maximum Gasteiger partial charge on any atom is 0.185 e. The molecule has 0 spiro atoms. The van der Waals surface area contributed by atoms with Crippen molar-refractivity contribution in [2.45, 2.75) is 26.2 Å². The molecule has 1 aliphatic carbocycles. The summed E-state index contributed by atoms with van der Waals surface area (Å²) in [6.07, 6.45) is 5.02. The highest BCUT2D eigenvalue weighted by Gasteiger charge is 2.27. The van der Waals surface area contributed by atoms with Crippen molar-refractivity contribution in [2.75, 3.05) is 0 Å². The van der Waals surface area contributed by atoms with Crippen molar-refractivity contribution in [3.05, 3.63) is 81.9 Å². The van der Waals surface area contributed by atoms with Gasteiger partial charge in [-0.05, 0) is 66.3 Å². The Morgan fingerprint density at radius 2 is 1.26 bits per heavy atom. The molecular formula is C22H18F4O. The summed E-state index contributed by atoms with van der Waals surface area (Å²) in [5, 5.41) is 0. The minimum absolute atomic E-state index is 0.204. The Bertz CT molecular complexity index is 870. The zero-order chi connectivity index (χ0) is 19.6. The molecule has 27 heavy (non-hydrogen) atoms. The second kappa shape index (κ2) is 7.91. The van der Waals surface area contributed by atoms with Gasteiger partial charge in [0, 0.05) is 11.1 Å². The zero-order valence-electron chi connectivity index (χ0n) is 14.7. The molecule has 0 N–H and O–H groups in total. The van der Waals surface area contributed by atoms with E-state index in [1.807, 2.05) is 6.92 Å². The second-order valence-electron chi connectivity index (χ2n) is 6.70. The van der Waals surface area contributed by atoms with E-state index >= 15 is 0 Å². The third-order valence-corrected chi connectivity index (χ3v) is 4.75. The number of hydrogen-bond donors (Lipinski definition) is 0. The fourth-order valence-corrected chi connectivity index (χ4v) is 3.23. The average molecular weight is 374 g/mol. The number of carbonyl (C=O) groups is 1. The molecule has 0 unspecified atom stereocenters. The van der Waals surface area contributed by atoms with Crippen LogP contribution in [0.1, 0.15) is 37.3 Å². The highest BCUT2D eigenvalue weighted by molar-refractivity contribution is 6.14. The minimum Gasteiger partial charge on any atom is -0.289 e. The normalized spacial score (nSPS) is 20.5. The monoisotopic (exact) mass is 374 g/mol. The van der Waals surface area contributed by atoms with Crippen molar-refractivity contribution in [2.24, 2.45) is 5.92 Å². The number of rotatable bonds is 3. The van der Waals surface area contributed by atoms with Gasteiger partial charge in [-0.3, -0.25) is 4.79 Å². The summed E-state index contributed by atoms with van der Waals surface area (Å²) in [6.45, 7) is 2.00. The third-order valence-electron chi connectivity index (χ3n) is 4.75. The number of allylic oxidation sites excluding steroid dienone is 2. The van der Waals surface area contributed by atoms with Crippen molar-refractivity contribution in [1.82, 2.24) is 0 Å². The van der Waals surface area contributed by atoms with Crippen LogP contribution in [0, 0.1) is 29.2 Å². The van der Waals surface area contributed by atoms with Gasteiger partial charge in [-0.25, -0.2) is 17.6 Å². The molecular weight excluding hydrogens is 356 g/mol. The molecule has 3 rings (SSSR count). The van der Waals surface area contributed by atoms with Gasteiger partial charge in [0.25, 0.3) is 0 Å². The van der Waals surface area contributed by atoms with Gasteiger partial charge in [-0.2, -0.15) is 0 Å². The Morgan fingerprint density at radius 1 is 0.815 bits per heavy atom. The predicted octanol–water partition coefficient (Wildman–Crippen LogP) is 6.10. The first-order valence-corrected chi connectivity index (χ1v) is 8.73. The lowest BCUT2D eigenvalue weighted by Crippen LogP contribution is -2.19. The van der Waals surface area contributed by atoms with Crippen molar-refractivity contribution in [1.29, 1.82) is 0 Å². The largest absolute Gasteiger partial charge is 0.289 e. The van der Waals surface area contributed by atoms with Crippen LogP contribution in [0.2, 0.25) is 0 Å². The van der Waals surface area contributed by atoms with E-state index in [2.05, 4.69) is 0 Å². The number of halogens is 4. The summed E-state index contributed by atoms with van der Waals surface area (Å²) in [6, 6.07) is 6.95. The van der Waals surface area contributed by atoms with Crippen LogP contribution in [0.4, 0.5) is 17.6 Å². The number of hydrogen-bond acceptors (Lipinski definition) is 1. The quantitative estimate of drug-likeness (QED) is 0.469. The molecule has 0 aliphatic heterocycles. The topological polar surface area (TPSA) is 17.1 Å². The summed E-state index contributed by atoms with van der Waals surface area (Å²) < 4.78 is 53.1. The third kappa shape index (κ3) is 4.35. The van der Waals surface area contributed by atoms with Gasteiger partial charge in [-0.1, -0.05) is 25.5 Å². The molecule has 1 fully saturated rings. The highest BCUT2D eigenvalue weighted by atomic mass is 19.2. The molecule has 0 amide bonds. The van der Waals surface area contributed by atoms with Gasteiger partial charge >= 0.3 is 0 Å². The van der Waals surface area contributed by atoms with Gasteiger partial charge in [0.05, 0.1) is 0 Å². The molecule has 1 nitrogen and oxygen atoms in total. The van der Waals surface area contributed by atoms with Crippen molar-refractivity contribution in [3.63, 3.8) is 0 Å². The average Bonchev–Trinajstić information content (AvgIpc) is 2.64. The van der Waals surface area contributed by atoms with E-state index < -0.39 is 23.3 Å². The molecule has 1 saturated carbocycles. The van der Waals surface area contributed by atoms with Gasteiger partial charge in [0.1, 0.15) is 0 Å². The molecule has 1 aliphatic rings. The number of carbonyl (C=O) groups excluding carboxylic acids is 1. The summed E-state index contributed by atoms with van der Waals surface area (Å²) >= 11 is 0. The molecule has 140 valence electrons. The van der Waals surface area contributed by atoms with Crippen LogP contribution in [0.5, 0.6) is 0 Å². The number of ketones is 1. The van der Waals surface area contributed by atoms with Gasteiger partial charge in [-0.15, -0.1) is 0 Å². The van der Waals surface area contributed by atoms with Crippen LogP contribution >= 0.6 is 0 Å². The Hall–Kier alpha value is -2.69. The second-order valence-corrected chi connectivity index (χ2v) is 6.70. The maximum atomic E-state index is 13.4. The standard InChI is InChI=1S/C22H18F4O/c1-2-13-7-16(9-14-3-5-18(23)20(25)11-14)22(27)17(8-13)10-15-4-6-19(24)21(26)12-15/h3-6,9-13H,2,7-8H2,1H3/b16-9+,17-10+. The molecule has 2 aromatic carbocycles. The van der Waals surface area contributed by atoms with E-state index in [0.29, 0.717) is 35.1 Å². The van der Waals surface area contributed by atoms with Crippen molar-refractivity contribution in [3.8, 4) is 0 Å². The van der Waals surface area contributed by atoms with Crippen LogP contribution in [-0.2, 0) is 4.79 Å². The van der Waals surface area contributed by atoms with E-state index in [1.165, 1.54) is 12.1 Å². The lowest BCUT2D eigenvalue weighted by Gasteiger charge is -2.25. The maximum absolute atomic E-state index is 13.4. The lowest BCUT2D eigenvalue weighted by molar-refractivity contribution is -0.113. The summed E-state index contributed by atoms with van der Waals surface area (Å²) in [7, 11) is 0.